The number of rotatable bonds is 5. The van der Waals surface area contributed by atoms with Gasteiger partial charge in [-0.3, -0.25) is 0 Å². The Morgan fingerprint density at radius 2 is 1.73 bits per heavy atom. The molecule has 3 N–H and O–H groups in total. The molecular weight excluding hydrogens is 298 g/mol. The van der Waals surface area contributed by atoms with E-state index >= 15 is 0 Å². The highest BCUT2D eigenvalue weighted by Crippen LogP contribution is 2.20. The zero-order chi connectivity index (χ0) is 15.4. The van der Waals surface area contributed by atoms with Gasteiger partial charge in [0.25, 0.3) is 0 Å². The van der Waals surface area contributed by atoms with Crippen LogP contribution in [0.2, 0.25) is 5.02 Å². The smallest absolute Gasteiger partial charge is 0.319 e. The van der Waals surface area contributed by atoms with Crippen LogP contribution in [0.1, 0.15) is 18.4 Å². The average Bonchev–Trinajstić information content (AvgIpc) is 3.32. The minimum absolute atomic E-state index is 0.140. The number of carbonyl (C=O) groups is 1. The van der Waals surface area contributed by atoms with Crippen molar-refractivity contribution in [3.63, 3.8) is 0 Å². The normalized spacial score (nSPS) is 13.5. The van der Waals surface area contributed by atoms with Crippen LogP contribution in [0, 0.1) is 0 Å². The van der Waals surface area contributed by atoms with Gasteiger partial charge in [-0.05, 0) is 48.7 Å². The fourth-order valence-electron chi connectivity index (χ4n) is 2.09. The maximum atomic E-state index is 11.6. The molecule has 0 saturated heterocycles. The molecule has 0 radical (unpaired) electrons. The second kappa shape index (κ2) is 6.71. The molecule has 1 aliphatic carbocycles. The van der Waals surface area contributed by atoms with Crippen LogP contribution in [0.3, 0.4) is 0 Å². The summed E-state index contributed by atoms with van der Waals surface area (Å²) < 4.78 is 0. The molecule has 3 rings (SSSR count). The topological polar surface area (TPSA) is 53.2 Å². The van der Waals surface area contributed by atoms with Crippen LogP contribution in [0.25, 0.3) is 0 Å². The highest BCUT2D eigenvalue weighted by molar-refractivity contribution is 6.31. The lowest BCUT2D eigenvalue weighted by Gasteiger charge is -2.10. The highest BCUT2D eigenvalue weighted by Gasteiger charge is 2.23. The number of halogens is 1. The largest absolute Gasteiger partial charge is 0.381 e. The Hall–Kier alpha value is -2.20. The van der Waals surface area contributed by atoms with E-state index in [1.165, 1.54) is 0 Å². The van der Waals surface area contributed by atoms with Crippen molar-refractivity contribution < 1.29 is 4.79 Å². The van der Waals surface area contributed by atoms with Gasteiger partial charge < -0.3 is 16.0 Å². The summed E-state index contributed by atoms with van der Waals surface area (Å²) in [6, 6.07) is 15.6. The molecule has 22 heavy (non-hydrogen) atoms. The number of benzene rings is 2. The van der Waals surface area contributed by atoms with Crippen LogP contribution >= 0.6 is 11.6 Å². The summed E-state index contributed by atoms with van der Waals surface area (Å²) in [4.78, 5) is 11.6. The van der Waals surface area contributed by atoms with E-state index in [1.807, 2.05) is 48.5 Å². The van der Waals surface area contributed by atoms with E-state index in [4.69, 9.17) is 11.6 Å². The number of carbonyl (C=O) groups excluding carboxylic acids is 1. The second-order valence-electron chi connectivity index (χ2n) is 5.40. The molecular formula is C17H18ClN3O. The Kier molecular flexibility index (Phi) is 4.49. The van der Waals surface area contributed by atoms with E-state index in [2.05, 4.69) is 16.0 Å². The SMILES string of the molecule is O=C(Nc1ccc(NCc2ccccc2Cl)cc1)NC1CC1. The molecule has 1 aliphatic rings. The summed E-state index contributed by atoms with van der Waals surface area (Å²) in [6.07, 6.45) is 2.16. The van der Waals surface area contributed by atoms with Crippen molar-refractivity contribution in [1.29, 1.82) is 0 Å². The lowest BCUT2D eigenvalue weighted by molar-refractivity contribution is 0.251. The summed E-state index contributed by atoms with van der Waals surface area (Å²) in [5.41, 5.74) is 2.81. The number of hydrogen-bond donors (Lipinski definition) is 3. The fraction of sp³-hybridized carbons (Fsp3) is 0.235. The minimum atomic E-state index is -0.140. The Bertz CT molecular complexity index is 653. The van der Waals surface area contributed by atoms with Crippen molar-refractivity contribution in [2.24, 2.45) is 0 Å². The van der Waals surface area contributed by atoms with Crippen molar-refractivity contribution in [2.75, 3.05) is 10.6 Å². The van der Waals surface area contributed by atoms with E-state index in [9.17, 15) is 4.79 Å². The van der Waals surface area contributed by atoms with Gasteiger partial charge in [0.1, 0.15) is 0 Å². The van der Waals surface area contributed by atoms with Crippen LogP contribution in [0.15, 0.2) is 48.5 Å². The summed E-state index contributed by atoms with van der Waals surface area (Å²) in [7, 11) is 0. The molecule has 0 spiro atoms. The van der Waals surface area contributed by atoms with Gasteiger partial charge >= 0.3 is 6.03 Å². The van der Waals surface area contributed by atoms with Gasteiger partial charge in [-0.2, -0.15) is 0 Å². The van der Waals surface area contributed by atoms with Crippen LogP contribution < -0.4 is 16.0 Å². The first-order chi connectivity index (χ1) is 10.7. The van der Waals surface area contributed by atoms with Crippen molar-refractivity contribution >= 4 is 29.0 Å². The molecule has 2 aromatic carbocycles. The molecule has 4 nitrogen and oxygen atoms in total. The van der Waals surface area contributed by atoms with Crippen LogP contribution in [0.4, 0.5) is 16.2 Å². The van der Waals surface area contributed by atoms with Crippen molar-refractivity contribution in [3.8, 4) is 0 Å². The zero-order valence-corrected chi connectivity index (χ0v) is 12.9. The lowest BCUT2D eigenvalue weighted by atomic mass is 10.2. The Morgan fingerprint density at radius 3 is 2.41 bits per heavy atom. The van der Waals surface area contributed by atoms with Crippen molar-refractivity contribution in [1.82, 2.24) is 5.32 Å². The molecule has 0 heterocycles. The van der Waals surface area contributed by atoms with Gasteiger partial charge in [0.05, 0.1) is 0 Å². The first kappa shape index (κ1) is 14.7. The Balaban J connectivity index is 1.52. The van der Waals surface area contributed by atoms with Crippen molar-refractivity contribution in [2.45, 2.75) is 25.4 Å². The third-order valence-corrected chi connectivity index (χ3v) is 3.86. The van der Waals surface area contributed by atoms with Gasteiger partial charge in [-0.15, -0.1) is 0 Å². The first-order valence-electron chi connectivity index (χ1n) is 7.35. The molecule has 0 aromatic heterocycles. The van der Waals surface area contributed by atoms with Crippen LogP contribution in [-0.4, -0.2) is 12.1 Å². The molecule has 0 atom stereocenters. The molecule has 0 aliphatic heterocycles. The summed E-state index contributed by atoms with van der Waals surface area (Å²) in [6.45, 7) is 0.661. The van der Waals surface area contributed by atoms with Gasteiger partial charge in [-0.1, -0.05) is 29.8 Å². The lowest BCUT2D eigenvalue weighted by Crippen LogP contribution is -2.30. The van der Waals surface area contributed by atoms with E-state index in [1.54, 1.807) is 0 Å². The van der Waals surface area contributed by atoms with E-state index in [0.717, 1.165) is 34.8 Å². The van der Waals surface area contributed by atoms with E-state index in [0.29, 0.717) is 12.6 Å². The molecule has 1 fully saturated rings. The monoisotopic (exact) mass is 315 g/mol. The average molecular weight is 316 g/mol. The van der Waals surface area contributed by atoms with Gasteiger partial charge in [-0.25, -0.2) is 4.79 Å². The molecule has 1 saturated carbocycles. The maximum Gasteiger partial charge on any atom is 0.319 e. The third-order valence-electron chi connectivity index (χ3n) is 3.50. The first-order valence-corrected chi connectivity index (χ1v) is 7.73. The van der Waals surface area contributed by atoms with Crippen LogP contribution in [0.5, 0.6) is 0 Å². The number of amides is 2. The molecule has 2 aromatic rings. The minimum Gasteiger partial charge on any atom is -0.381 e. The number of anilines is 2. The van der Waals surface area contributed by atoms with Gasteiger partial charge in [0.2, 0.25) is 0 Å². The quantitative estimate of drug-likeness (QED) is 0.773. The third kappa shape index (κ3) is 4.15. The Labute approximate surface area is 134 Å². The zero-order valence-electron chi connectivity index (χ0n) is 12.1. The number of nitrogens with one attached hydrogen (secondary N) is 3. The van der Waals surface area contributed by atoms with Gasteiger partial charge in [0, 0.05) is 29.0 Å². The van der Waals surface area contributed by atoms with E-state index in [-0.39, 0.29) is 6.03 Å². The van der Waals surface area contributed by atoms with Crippen LogP contribution in [-0.2, 0) is 6.54 Å². The van der Waals surface area contributed by atoms with Gasteiger partial charge in [0.15, 0.2) is 0 Å². The molecule has 114 valence electrons. The summed E-state index contributed by atoms with van der Waals surface area (Å²) in [5.74, 6) is 0. The number of hydrogen-bond acceptors (Lipinski definition) is 2. The summed E-state index contributed by atoms with van der Waals surface area (Å²) >= 11 is 6.13. The standard InChI is InChI=1S/C17H18ClN3O/c18-16-4-2-1-3-12(16)11-19-13-5-7-14(8-6-13)20-17(22)21-15-9-10-15/h1-8,15,19H,9-11H2,(H2,20,21,22). The second-order valence-corrected chi connectivity index (χ2v) is 5.80. The molecule has 5 heteroatoms. The number of urea groups is 1. The molecule has 0 bridgehead atoms. The Morgan fingerprint density at radius 1 is 1.05 bits per heavy atom. The highest BCUT2D eigenvalue weighted by atomic mass is 35.5. The molecule has 2 amide bonds. The van der Waals surface area contributed by atoms with Crippen molar-refractivity contribution in [3.05, 3.63) is 59.1 Å². The maximum absolute atomic E-state index is 11.6. The molecule has 0 unspecified atom stereocenters. The summed E-state index contributed by atoms with van der Waals surface area (Å²) in [5, 5.41) is 9.78. The predicted octanol–water partition coefficient (Wildman–Crippen LogP) is 4.24. The predicted molar refractivity (Wildman–Crippen MR) is 90.4 cm³/mol. The van der Waals surface area contributed by atoms with E-state index < -0.39 is 0 Å². The fourth-order valence-corrected chi connectivity index (χ4v) is 2.29.